The minimum absolute atomic E-state index is 0.0707. The summed E-state index contributed by atoms with van der Waals surface area (Å²) in [6, 6.07) is 0. The third-order valence-electron chi connectivity index (χ3n) is 14.4. The molecule has 6 heteroatoms. The van der Waals surface area contributed by atoms with Crippen LogP contribution < -0.4 is 0 Å². The number of carbonyl (C=O) groups excluding carboxylic acids is 3. The van der Waals surface area contributed by atoms with Crippen LogP contribution in [0.15, 0.2) is 36.5 Å². The minimum Gasteiger partial charge on any atom is -0.462 e. The molecule has 0 saturated carbocycles. The molecule has 0 rings (SSSR count). The first-order valence-electron chi connectivity index (χ1n) is 32.0. The quantitative estimate of drug-likeness (QED) is 0.0261. The third kappa shape index (κ3) is 58.5. The molecule has 0 fully saturated rings. The molecule has 1 atom stereocenters. The molecule has 0 aliphatic carbocycles. The van der Waals surface area contributed by atoms with E-state index in [0.717, 1.165) is 83.5 Å². The lowest BCUT2D eigenvalue weighted by Gasteiger charge is -2.18. The normalized spacial score (nSPS) is 12.2. The summed E-state index contributed by atoms with van der Waals surface area (Å²) < 4.78 is 16.9. The molecule has 0 spiro atoms. The van der Waals surface area contributed by atoms with E-state index in [0.29, 0.717) is 19.3 Å². The van der Waals surface area contributed by atoms with Gasteiger partial charge in [-0.25, -0.2) is 0 Å². The van der Waals surface area contributed by atoms with Crippen molar-refractivity contribution >= 4 is 17.9 Å². The second-order valence-electron chi connectivity index (χ2n) is 21.7. The summed E-state index contributed by atoms with van der Waals surface area (Å²) in [5, 5.41) is 0. The van der Waals surface area contributed by atoms with Gasteiger partial charge < -0.3 is 14.2 Å². The summed E-state index contributed by atoms with van der Waals surface area (Å²) in [5.41, 5.74) is 0. The van der Waals surface area contributed by atoms with Crippen molar-refractivity contribution in [3.8, 4) is 0 Å². The second kappa shape index (κ2) is 61.2. The number of unbranched alkanes of at least 4 members (excludes halogenated alkanes) is 42. The molecular weight excluding hydrogens is 889 g/mol. The monoisotopic (exact) mass is 1010 g/mol. The van der Waals surface area contributed by atoms with Crippen LogP contribution in [0.3, 0.4) is 0 Å². The van der Waals surface area contributed by atoms with Gasteiger partial charge in [0, 0.05) is 19.3 Å². The number of allylic oxidation sites excluding steroid dienone is 6. The average molecular weight is 1010 g/mol. The topological polar surface area (TPSA) is 78.9 Å². The van der Waals surface area contributed by atoms with Gasteiger partial charge >= 0.3 is 17.9 Å². The molecule has 0 N–H and O–H groups in total. The van der Waals surface area contributed by atoms with Gasteiger partial charge in [0.2, 0.25) is 0 Å². The van der Waals surface area contributed by atoms with E-state index in [2.05, 4.69) is 57.2 Å². The molecule has 0 aliphatic heterocycles. The fraction of sp³-hybridized carbons (Fsp3) is 0.864. The Morgan fingerprint density at radius 3 is 0.847 bits per heavy atom. The molecule has 72 heavy (non-hydrogen) atoms. The highest BCUT2D eigenvalue weighted by Crippen LogP contribution is 2.18. The highest BCUT2D eigenvalue weighted by atomic mass is 16.6. The Kier molecular flexibility index (Phi) is 59.2. The zero-order valence-electron chi connectivity index (χ0n) is 48.5. The zero-order valence-corrected chi connectivity index (χ0v) is 48.5. The summed E-state index contributed by atoms with van der Waals surface area (Å²) in [7, 11) is 0. The molecular formula is C66H122O6. The Bertz CT molecular complexity index is 1210. The fourth-order valence-corrected chi connectivity index (χ4v) is 9.64. The SMILES string of the molecule is CC/C=C\C/C=C\C/C=C\CCCCCCCCCC(=O)OC(COC(=O)CCCCCCCCCCCCCCCCCCC)COC(=O)CCCCCCCCCCCCCCCCCCCCCC. The van der Waals surface area contributed by atoms with Crippen LogP contribution in [0.1, 0.15) is 348 Å². The van der Waals surface area contributed by atoms with E-state index in [9.17, 15) is 14.4 Å². The molecule has 0 aromatic rings. The smallest absolute Gasteiger partial charge is 0.306 e. The van der Waals surface area contributed by atoms with Gasteiger partial charge in [0.05, 0.1) is 0 Å². The van der Waals surface area contributed by atoms with Gasteiger partial charge in [-0.3, -0.25) is 14.4 Å². The maximum Gasteiger partial charge on any atom is 0.306 e. The van der Waals surface area contributed by atoms with Crippen molar-refractivity contribution in [2.24, 2.45) is 0 Å². The van der Waals surface area contributed by atoms with Gasteiger partial charge in [0.25, 0.3) is 0 Å². The van der Waals surface area contributed by atoms with Crippen LogP contribution in [0, 0.1) is 0 Å². The van der Waals surface area contributed by atoms with Crippen molar-refractivity contribution in [2.45, 2.75) is 354 Å². The predicted octanol–water partition coefficient (Wildman–Crippen LogP) is 21.6. The van der Waals surface area contributed by atoms with Crippen LogP contribution in [-0.2, 0) is 28.6 Å². The summed E-state index contributed by atoms with van der Waals surface area (Å²) in [6.45, 7) is 6.59. The first-order chi connectivity index (χ1) is 35.5. The first-order valence-corrected chi connectivity index (χ1v) is 32.0. The van der Waals surface area contributed by atoms with Crippen LogP contribution in [0.4, 0.5) is 0 Å². The average Bonchev–Trinajstić information content (AvgIpc) is 3.38. The van der Waals surface area contributed by atoms with E-state index < -0.39 is 6.10 Å². The van der Waals surface area contributed by atoms with Crippen molar-refractivity contribution in [1.29, 1.82) is 0 Å². The summed E-state index contributed by atoms with van der Waals surface area (Å²) in [6.07, 6.45) is 74.3. The van der Waals surface area contributed by atoms with Crippen molar-refractivity contribution in [2.75, 3.05) is 13.2 Å². The molecule has 0 aliphatic rings. The molecule has 6 nitrogen and oxygen atoms in total. The number of carbonyl (C=O) groups is 3. The Balaban J connectivity index is 4.32. The van der Waals surface area contributed by atoms with Gasteiger partial charge in [0.1, 0.15) is 13.2 Å². The molecule has 0 heterocycles. The molecule has 1 unspecified atom stereocenters. The van der Waals surface area contributed by atoms with Gasteiger partial charge in [-0.2, -0.15) is 0 Å². The zero-order chi connectivity index (χ0) is 52.2. The summed E-state index contributed by atoms with van der Waals surface area (Å²) in [5.74, 6) is -0.854. The van der Waals surface area contributed by atoms with E-state index in [1.807, 2.05) is 0 Å². The van der Waals surface area contributed by atoms with Gasteiger partial charge in [-0.1, -0.05) is 314 Å². The molecule has 0 radical (unpaired) electrons. The van der Waals surface area contributed by atoms with Gasteiger partial charge in [-0.05, 0) is 51.4 Å². The number of ether oxygens (including phenoxy) is 3. The number of rotatable bonds is 59. The van der Waals surface area contributed by atoms with Crippen LogP contribution in [0.2, 0.25) is 0 Å². The van der Waals surface area contributed by atoms with Crippen molar-refractivity contribution in [3.63, 3.8) is 0 Å². The number of hydrogen-bond acceptors (Lipinski definition) is 6. The number of hydrogen-bond donors (Lipinski definition) is 0. The Labute approximate surface area is 448 Å². The Hall–Kier alpha value is -2.37. The highest BCUT2D eigenvalue weighted by molar-refractivity contribution is 5.71. The molecule has 422 valence electrons. The van der Waals surface area contributed by atoms with Gasteiger partial charge in [0.15, 0.2) is 6.10 Å². The molecule has 0 aromatic heterocycles. The first kappa shape index (κ1) is 69.6. The van der Waals surface area contributed by atoms with Crippen molar-refractivity contribution < 1.29 is 28.6 Å². The summed E-state index contributed by atoms with van der Waals surface area (Å²) >= 11 is 0. The highest BCUT2D eigenvalue weighted by Gasteiger charge is 2.19. The second-order valence-corrected chi connectivity index (χ2v) is 21.7. The van der Waals surface area contributed by atoms with Crippen LogP contribution >= 0.6 is 0 Å². The Morgan fingerprint density at radius 2 is 0.542 bits per heavy atom. The molecule has 0 amide bonds. The largest absolute Gasteiger partial charge is 0.462 e. The lowest BCUT2D eigenvalue weighted by Crippen LogP contribution is -2.30. The van der Waals surface area contributed by atoms with E-state index in [1.54, 1.807) is 0 Å². The van der Waals surface area contributed by atoms with Gasteiger partial charge in [-0.15, -0.1) is 0 Å². The predicted molar refractivity (Wildman–Crippen MR) is 312 cm³/mol. The lowest BCUT2D eigenvalue weighted by molar-refractivity contribution is -0.167. The lowest BCUT2D eigenvalue weighted by atomic mass is 10.0. The third-order valence-corrected chi connectivity index (χ3v) is 14.4. The van der Waals surface area contributed by atoms with Crippen molar-refractivity contribution in [1.82, 2.24) is 0 Å². The van der Waals surface area contributed by atoms with Crippen LogP contribution in [0.5, 0.6) is 0 Å². The van der Waals surface area contributed by atoms with E-state index >= 15 is 0 Å². The molecule has 0 aromatic carbocycles. The minimum atomic E-state index is -0.774. The number of esters is 3. The summed E-state index contributed by atoms with van der Waals surface area (Å²) in [4.78, 5) is 38.3. The van der Waals surface area contributed by atoms with E-state index in [1.165, 1.54) is 225 Å². The molecule has 0 bridgehead atoms. The fourth-order valence-electron chi connectivity index (χ4n) is 9.64. The Morgan fingerprint density at radius 1 is 0.292 bits per heavy atom. The van der Waals surface area contributed by atoms with Crippen LogP contribution in [0.25, 0.3) is 0 Å². The maximum absolute atomic E-state index is 12.9. The van der Waals surface area contributed by atoms with E-state index in [4.69, 9.17) is 14.2 Å². The maximum atomic E-state index is 12.9. The van der Waals surface area contributed by atoms with Crippen molar-refractivity contribution in [3.05, 3.63) is 36.5 Å². The van der Waals surface area contributed by atoms with E-state index in [-0.39, 0.29) is 31.1 Å². The van der Waals surface area contributed by atoms with Crippen LogP contribution in [-0.4, -0.2) is 37.2 Å². The molecule has 0 saturated heterocycles. The standard InChI is InChI=1S/C66H122O6/c1-4-7-10-13-16-19-22-25-28-31-32-33-36-38-41-44-47-50-53-56-59-65(68)71-62-63(72-66(69)60-57-54-51-48-45-42-39-35-30-27-24-21-18-15-12-9-6-3)61-70-64(67)58-55-52-49-46-43-40-37-34-29-26-23-20-17-14-11-8-5-2/h9,12,18,21,27,30,63H,4-8,10-11,13-17,19-20,22-26,28-29,31-62H2,1-3H3/b12-9-,21-18-,30-27-.